The molecule has 2 aromatic carbocycles. The van der Waals surface area contributed by atoms with Gasteiger partial charge in [-0.05, 0) is 37.1 Å². The summed E-state index contributed by atoms with van der Waals surface area (Å²) < 4.78 is 5.42. The lowest BCUT2D eigenvalue weighted by Gasteiger charge is -2.32. The van der Waals surface area contributed by atoms with Crippen molar-refractivity contribution < 1.29 is 9.53 Å². The van der Waals surface area contributed by atoms with Crippen molar-refractivity contribution in [1.29, 1.82) is 0 Å². The zero-order chi connectivity index (χ0) is 18.6. The number of nitrogens with zero attached hydrogens (tertiary/aromatic N) is 1. The molecule has 138 valence electrons. The van der Waals surface area contributed by atoms with Crippen molar-refractivity contribution in [2.75, 3.05) is 31.6 Å². The number of rotatable bonds is 5. The molecule has 0 aromatic heterocycles. The number of nitrogens with one attached hydrogen (secondary N) is 1. The maximum absolute atomic E-state index is 12.6. The van der Waals surface area contributed by atoms with Gasteiger partial charge in [-0.1, -0.05) is 42.5 Å². The number of nitrogens with two attached hydrogens (primary N) is 1. The van der Waals surface area contributed by atoms with Crippen LogP contribution in [0.25, 0.3) is 0 Å². The van der Waals surface area contributed by atoms with E-state index in [9.17, 15) is 4.79 Å². The van der Waals surface area contributed by atoms with Crippen LogP contribution in [0.5, 0.6) is 0 Å². The highest BCUT2D eigenvalue weighted by atomic mass is 16.5. The SMILES string of the molecule is CC(c1ccc(NC(=O)C(C)(N)c2ccccc2)cc1)N1CCOCC1. The minimum absolute atomic E-state index is 0.224. The Labute approximate surface area is 155 Å². The van der Waals surface area contributed by atoms with Crippen LogP contribution < -0.4 is 11.1 Å². The Balaban J connectivity index is 1.66. The summed E-state index contributed by atoms with van der Waals surface area (Å²) in [6.45, 7) is 7.39. The number of hydrogen-bond acceptors (Lipinski definition) is 4. The monoisotopic (exact) mass is 353 g/mol. The van der Waals surface area contributed by atoms with Crippen LogP contribution in [0.2, 0.25) is 0 Å². The molecule has 0 saturated carbocycles. The normalized spacial score (nSPS) is 18.7. The molecule has 1 aliphatic heterocycles. The van der Waals surface area contributed by atoms with Crippen molar-refractivity contribution in [3.63, 3.8) is 0 Å². The van der Waals surface area contributed by atoms with Crippen LogP contribution in [-0.2, 0) is 15.1 Å². The first-order valence-corrected chi connectivity index (χ1v) is 9.06. The highest BCUT2D eigenvalue weighted by Crippen LogP contribution is 2.24. The quantitative estimate of drug-likeness (QED) is 0.867. The Morgan fingerprint density at radius 3 is 2.35 bits per heavy atom. The van der Waals surface area contributed by atoms with Crippen LogP contribution in [0.15, 0.2) is 54.6 Å². The van der Waals surface area contributed by atoms with E-state index in [0.29, 0.717) is 6.04 Å². The number of carbonyl (C=O) groups excluding carboxylic acids is 1. The smallest absolute Gasteiger partial charge is 0.248 e. The summed E-state index contributed by atoms with van der Waals surface area (Å²) in [7, 11) is 0. The summed E-state index contributed by atoms with van der Waals surface area (Å²) in [5.41, 5.74) is 7.96. The number of carbonyl (C=O) groups is 1. The molecule has 1 heterocycles. The van der Waals surface area contributed by atoms with E-state index in [0.717, 1.165) is 37.6 Å². The van der Waals surface area contributed by atoms with Crippen LogP contribution in [0.3, 0.4) is 0 Å². The number of benzene rings is 2. The summed E-state index contributed by atoms with van der Waals surface area (Å²) in [6.07, 6.45) is 0. The molecular formula is C21H27N3O2. The maximum Gasteiger partial charge on any atom is 0.248 e. The second-order valence-electron chi connectivity index (χ2n) is 6.97. The van der Waals surface area contributed by atoms with Gasteiger partial charge in [0.15, 0.2) is 0 Å². The van der Waals surface area contributed by atoms with Gasteiger partial charge >= 0.3 is 0 Å². The molecule has 0 radical (unpaired) electrons. The minimum atomic E-state index is -1.08. The first kappa shape index (κ1) is 18.6. The molecule has 3 rings (SSSR count). The fourth-order valence-corrected chi connectivity index (χ4v) is 3.20. The molecule has 1 amide bonds. The largest absolute Gasteiger partial charge is 0.379 e. The molecule has 1 aliphatic rings. The van der Waals surface area contributed by atoms with Gasteiger partial charge in [-0.25, -0.2) is 0 Å². The third-order valence-corrected chi connectivity index (χ3v) is 5.09. The average Bonchev–Trinajstić information content (AvgIpc) is 2.69. The number of amides is 1. The first-order chi connectivity index (χ1) is 12.5. The number of morpholine rings is 1. The zero-order valence-corrected chi connectivity index (χ0v) is 15.4. The number of anilines is 1. The van der Waals surface area contributed by atoms with E-state index in [-0.39, 0.29) is 5.91 Å². The van der Waals surface area contributed by atoms with Gasteiger partial charge < -0.3 is 15.8 Å². The number of hydrogen-bond donors (Lipinski definition) is 2. The van der Waals surface area contributed by atoms with Gasteiger partial charge in [0.2, 0.25) is 5.91 Å². The predicted molar refractivity (Wildman–Crippen MR) is 104 cm³/mol. The molecule has 0 spiro atoms. The highest BCUT2D eigenvalue weighted by Gasteiger charge is 2.30. The topological polar surface area (TPSA) is 67.6 Å². The summed E-state index contributed by atoms with van der Waals surface area (Å²) in [5.74, 6) is -0.224. The van der Waals surface area contributed by atoms with E-state index in [4.69, 9.17) is 10.5 Å². The number of ether oxygens (including phenoxy) is 1. The van der Waals surface area contributed by atoms with Crippen LogP contribution >= 0.6 is 0 Å². The van der Waals surface area contributed by atoms with Crippen LogP contribution in [0.4, 0.5) is 5.69 Å². The van der Waals surface area contributed by atoms with Crippen molar-refractivity contribution in [2.45, 2.75) is 25.4 Å². The Bertz CT molecular complexity index is 723. The molecular weight excluding hydrogens is 326 g/mol. The third-order valence-electron chi connectivity index (χ3n) is 5.09. The van der Waals surface area contributed by atoms with Gasteiger partial charge in [0.25, 0.3) is 0 Å². The van der Waals surface area contributed by atoms with Gasteiger partial charge in [-0.15, -0.1) is 0 Å². The third kappa shape index (κ3) is 4.12. The molecule has 5 heteroatoms. The van der Waals surface area contributed by atoms with Crippen molar-refractivity contribution in [3.05, 3.63) is 65.7 Å². The molecule has 5 nitrogen and oxygen atoms in total. The summed E-state index contributed by atoms with van der Waals surface area (Å²) >= 11 is 0. The molecule has 3 N–H and O–H groups in total. The Morgan fingerprint density at radius 1 is 1.12 bits per heavy atom. The Morgan fingerprint density at radius 2 is 1.73 bits per heavy atom. The van der Waals surface area contributed by atoms with E-state index in [1.807, 2.05) is 42.5 Å². The fourth-order valence-electron chi connectivity index (χ4n) is 3.20. The van der Waals surface area contributed by atoms with Gasteiger partial charge in [0, 0.05) is 24.8 Å². The summed E-state index contributed by atoms with van der Waals surface area (Å²) in [4.78, 5) is 15.0. The lowest BCUT2D eigenvalue weighted by molar-refractivity contribution is -0.120. The van der Waals surface area contributed by atoms with Crippen molar-refractivity contribution >= 4 is 11.6 Å². The van der Waals surface area contributed by atoms with Gasteiger partial charge in [-0.3, -0.25) is 9.69 Å². The zero-order valence-electron chi connectivity index (χ0n) is 15.4. The molecule has 0 bridgehead atoms. The Hall–Kier alpha value is -2.21. The second-order valence-corrected chi connectivity index (χ2v) is 6.97. The second kappa shape index (κ2) is 7.99. The highest BCUT2D eigenvalue weighted by molar-refractivity contribution is 5.98. The average molecular weight is 353 g/mol. The van der Waals surface area contributed by atoms with Gasteiger partial charge in [0.05, 0.1) is 13.2 Å². The lowest BCUT2D eigenvalue weighted by atomic mass is 9.92. The van der Waals surface area contributed by atoms with Crippen LogP contribution in [-0.4, -0.2) is 37.1 Å². The fraction of sp³-hybridized carbons (Fsp3) is 0.381. The van der Waals surface area contributed by atoms with Gasteiger partial charge in [-0.2, -0.15) is 0 Å². The lowest BCUT2D eigenvalue weighted by Crippen LogP contribution is -2.45. The summed E-state index contributed by atoms with van der Waals surface area (Å²) in [6, 6.07) is 17.7. The van der Waals surface area contributed by atoms with Crippen LogP contribution in [0.1, 0.15) is 31.0 Å². The van der Waals surface area contributed by atoms with E-state index in [1.54, 1.807) is 6.92 Å². The van der Waals surface area contributed by atoms with Crippen molar-refractivity contribution in [1.82, 2.24) is 4.90 Å². The maximum atomic E-state index is 12.6. The Kier molecular flexibility index (Phi) is 5.71. The van der Waals surface area contributed by atoms with E-state index < -0.39 is 5.54 Å². The van der Waals surface area contributed by atoms with E-state index in [1.165, 1.54) is 5.56 Å². The van der Waals surface area contributed by atoms with E-state index >= 15 is 0 Å². The van der Waals surface area contributed by atoms with Crippen molar-refractivity contribution in [2.24, 2.45) is 5.73 Å². The summed E-state index contributed by atoms with van der Waals surface area (Å²) in [5, 5.41) is 2.93. The molecule has 1 saturated heterocycles. The van der Waals surface area contributed by atoms with E-state index in [2.05, 4.69) is 29.3 Å². The minimum Gasteiger partial charge on any atom is -0.379 e. The van der Waals surface area contributed by atoms with Crippen molar-refractivity contribution in [3.8, 4) is 0 Å². The van der Waals surface area contributed by atoms with Gasteiger partial charge in [0.1, 0.15) is 5.54 Å². The molecule has 0 aliphatic carbocycles. The van der Waals surface area contributed by atoms with Crippen LogP contribution in [0, 0.1) is 0 Å². The molecule has 2 unspecified atom stereocenters. The first-order valence-electron chi connectivity index (χ1n) is 9.06. The molecule has 2 aromatic rings. The molecule has 1 fully saturated rings. The standard InChI is InChI=1S/C21H27N3O2/c1-16(24-12-14-26-15-13-24)17-8-10-19(11-9-17)23-20(25)21(2,22)18-6-4-3-5-7-18/h3-11,16H,12-15,22H2,1-2H3,(H,23,25). The molecule has 26 heavy (non-hydrogen) atoms. The predicted octanol–water partition coefficient (Wildman–Crippen LogP) is 2.89. The molecule has 2 atom stereocenters.